The molecular formula is C14H11ClN2O4. The Morgan fingerprint density at radius 2 is 2.24 bits per heavy atom. The molecule has 7 heteroatoms. The van der Waals surface area contributed by atoms with Crippen LogP contribution in [0.3, 0.4) is 0 Å². The van der Waals surface area contributed by atoms with Gasteiger partial charge < -0.3 is 14.5 Å². The number of nitrogens with one attached hydrogen (secondary N) is 1. The van der Waals surface area contributed by atoms with Gasteiger partial charge in [-0.2, -0.15) is 5.26 Å². The molecule has 1 aromatic heterocycles. The summed E-state index contributed by atoms with van der Waals surface area (Å²) in [7, 11) is 0. The minimum Gasteiger partial charge on any atom is -0.482 e. The topological polar surface area (TPSA) is 92.3 Å². The van der Waals surface area contributed by atoms with Gasteiger partial charge in [-0.15, -0.1) is 0 Å². The Morgan fingerprint density at radius 3 is 2.95 bits per heavy atom. The molecule has 2 rings (SSSR count). The number of nitrogens with zero attached hydrogens (tertiary/aromatic N) is 1. The molecule has 0 unspecified atom stereocenters. The third-order valence-electron chi connectivity index (χ3n) is 2.73. The highest BCUT2D eigenvalue weighted by Gasteiger charge is 2.10. The molecule has 6 nitrogen and oxygen atoms in total. The molecule has 0 aliphatic carbocycles. The molecule has 1 N–H and O–H groups in total. The first-order valence-electron chi connectivity index (χ1n) is 6.01. The van der Waals surface area contributed by atoms with Crippen LogP contribution in [0, 0.1) is 18.3 Å². The van der Waals surface area contributed by atoms with Crippen molar-refractivity contribution in [2.45, 2.75) is 6.92 Å². The quantitative estimate of drug-likeness (QED) is 0.686. The fourth-order valence-electron chi connectivity index (χ4n) is 1.76. The van der Waals surface area contributed by atoms with E-state index in [0.29, 0.717) is 16.0 Å². The Bertz CT molecular complexity index is 792. The number of carbonyl (C=O) groups is 1. The zero-order chi connectivity index (χ0) is 15.4. The molecule has 2 aromatic rings. The second-order valence-corrected chi connectivity index (χ2v) is 4.66. The number of hydrogen-bond donors (Lipinski definition) is 1. The number of nitriles is 1. The van der Waals surface area contributed by atoms with Crippen LogP contribution >= 0.6 is 11.6 Å². The molecule has 0 saturated carbocycles. The van der Waals surface area contributed by atoms with Gasteiger partial charge in [0.2, 0.25) is 0 Å². The summed E-state index contributed by atoms with van der Waals surface area (Å²) in [5.74, 6) is -0.219. The van der Waals surface area contributed by atoms with Crippen molar-refractivity contribution in [2.24, 2.45) is 0 Å². The van der Waals surface area contributed by atoms with Crippen LogP contribution in [0.25, 0.3) is 11.0 Å². The zero-order valence-corrected chi connectivity index (χ0v) is 11.9. The number of fused-ring (bicyclic) bond motifs is 1. The molecule has 0 aliphatic rings. The van der Waals surface area contributed by atoms with Crippen LogP contribution in [0.4, 0.5) is 0 Å². The van der Waals surface area contributed by atoms with Gasteiger partial charge >= 0.3 is 5.63 Å². The Labute approximate surface area is 124 Å². The Hall–Kier alpha value is -2.52. The number of halogens is 1. The number of hydrogen-bond acceptors (Lipinski definition) is 5. The van der Waals surface area contributed by atoms with Gasteiger partial charge in [-0.25, -0.2) is 4.79 Å². The number of aryl methyl sites for hydroxylation is 1. The van der Waals surface area contributed by atoms with Gasteiger partial charge in [-0.05, 0) is 18.6 Å². The number of ether oxygens (including phenoxy) is 1. The predicted molar refractivity (Wildman–Crippen MR) is 76.3 cm³/mol. The third kappa shape index (κ3) is 3.52. The lowest BCUT2D eigenvalue weighted by Gasteiger charge is -2.09. The first kappa shape index (κ1) is 14.9. The van der Waals surface area contributed by atoms with Crippen LogP contribution in [0.15, 0.2) is 27.4 Å². The largest absolute Gasteiger partial charge is 0.482 e. The average Bonchev–Trinajstić information content (AvgIpc) is 2.43. The molecule has 0 radical (unpaired) electrons. The first-order chi connectivity index (χ1) is 10.0. The lowest BCUT2D eigenvalue weighted by molar-refractivity contribution is -0.122. The van der Waals surface area contributed by atoms with Gasteiger partial charge in [0.15, 0.2) is 6.61 Å². The van der Waals surface area contributed by atoms with E-state index in [4.69, 9.17) is 26.0 Å². The second kappa shape index (κ2) is 6.29. The number of rotatable bonds is 4. The Balaban J connectivity index is 2.25. The van der Waals surface area contributed by atoms with Crippen LogP contribution in [0.2, 0.25) is 5.02 Å². The van der Waals surface area contributed by atoms with E-state index in [-0.39, 0.29) is 18.9 Å². The number of amides is 1. The summed E-state index contributed by atoms with van der Waals surface area (Å²) in [5.41, 5.74) is 0.596. The summed E-state index contributed by atoms with van der Waals surface area (Å²) in [6.45, 7) is 1.39. The van der Waals surface area contributed by atoms with Crippen molar-refractivity contribution < 1.29 is 13.9 Å². The lowest BCUT2D eigenvalue weighted by atomic mass is 10.1. The van der Waals surface area contributed by atoms with Crippen molar-refractivity contribution in [3.05, 3.63) is 39.2 Å². The van der Waals surface area contributed by atoms with Gasteiger partial charge in [-0.3, -0.25) is 4.79 Å². The maximum absolute atomic E-state index is 11.4. The molecule has 0 spiro atoms. The highest BCUT2D eigenvalue weighted by Crippen LogP contribution is 2.30. The molecule has 0 saturated heterocycles. The van der Waals surface area contributed by atoms with Crippen LogP contribution in [-0.4, -0.2) is 19.1 Å². The lowest BCUT2D eigenvalue weighted by Crippen LogP contribution is -2.29. The smallest absolute Gasteiger partial charge is 0.336 e. The SMILES string of the molecule is Cc1cc(=O)oc2cc(OCC(=O)NCC#N)c(Cl)cc12. The van der Waals surface area contributed by atoms with E-state index in [1.54, 1.807) is 19.1 Å². The molecule has 0 atom stereocenters. The van der Waals surface area contributed by atoms with E-state index in [0.717, 1.165) is 5.56 Å². The summed E-state index contributed by atoms with van der Waals surface area (Å²) in [6.07, 6.45) is 0. The molecule has 1 heterocycles. The van der Waals surface area contributed by atoms with Crippen LogP contribution in [-0.2, 0) is 4.79 Å². The molecule has 0 bridgehead atoms. The Kier molecular flexibility index (Phi) is 4.45. The van der Waals surface area contributed by atoms with E-state index >= 15 is 0 Å². The van der Waals surface area contributed by atoms with E-state index in [9.17, 15) is 9.59 Å². The summed E-state index contributed by atoms with van der Waals surface area (Å²) in [5, 5.41) is 11.7. The van der Waals surface area contributed by atoms with Gasteiger partial charge in [-0.1, -0.05) is 11.6 Å². The van der Waals surface area contributed by atoms with Crippen molar-refractivity contribution in [1.82, 2.24) is 5.32 Å². The monoisotopic (exact) mass is 306 g/mol. The maximum atomic E-state index is 11.4. The van der Waals surface area contributed by atoms with Crippen LogP contribution in [0.5, 0.6) is 5.75 Å². The summed E-state index contributed by atoms with van der Waals surface area (Å²) >= 11 is 6.07. The van der Waals surface area contributed by atoms with Gasteiger partial charge in [0.05, 0.1) is 11.1 Å². The highest BCUT2D eigenvalue weighted by atomic mass is 35.5. The van der Waals surface area contributed by atoms with Crippen molar-refractivity contribution in [1.29, 1.82) is 5.26 Å². The minimum absolute atomic E-state index is 0.0955. The zero-order valence-electron chi connectivity index (χ0n) is 11.1. The normalized spacial score (nSPS) is 10.1. The minimum atomic E-state index is -0.472. The van der Waals surface area contributed by atoms with E-state index in [1.807, 2.05) is 0 Å². The highest BCUT2D eigenvalue weighted by molar-refractivity contribution is 6.32. The Morgan fingerprint density at radius 1 is 1.48 bits per heavy atom. The first-order valence-corrected chi connectivity index (χ1v) is 6.39. The second-order valence-electron chi connectivity index (χ2n) is 4.25. The summed E-state index contributed by atoms with van der Waals surface area (Å²) < 4.78 is 10.3. The fraction of sp³-hybridized carbons (Fsp3) is 0.214. The fourth-order valence-corrected chi connectivity index (χ4v) is 1.98. The third-order valence-corrected chi connectivity index (χ3v) is 3.02. The molecule has 1 aromatic carbocycles. The number of carbonyl (C=O) groups excluding carboxylic acids is 1. The van der Waals surface area contributed by atoms with Crippen LogP contribution in [0.1, 0.15) is 5.56 Å². The van der Waals surface area contributed by atoms with Crippen molar-refractivity contribution in [3.8, 4) is 11.8 Å². The molecule has 1 amide bonds. The van der Waals surface area contributed by atoms with Gasteiger partial charge in [0.1, 0.15) is 17.9 Å². The van der Waals surface area contributed by atoms with Crippen LogP contribution < -0.4 is 15.7 Å². The summed E-state index contributed by atoms with van der Waals surface area (Å²) in [6, 6.07) is 6.22. The van der Waals surface area contributed by atoms with Crippen molar-refractivity contribution >= 4 is 28.5 Å². The van der Waals surface area contributed by atoms with Gasteiger partial charge in [0.25, 0.3) is 5.91 Å². The van der Waals surface area contributed by atoms with Crippen molar-refractivity contribution in [3.63, 3.8) is 0 Å². The molecule has 0 fully saturated rings. The van der Waals surface area contributed by atoms with Gasteiger partial charge in [0, 0.05) is 17.5 Å². The molecule has 0 aliphatic heterocycles. The van der Waals surface area contributed by atoms with E-state index in [1.165, 1.54) is 12.1 Å². The molecule has 21 heavy (non-hydrogen) atoms. The summed E-state index contributed by atoms with van der Waals surface area (Å²) in [4.78, 5) is 22.7. The van der Waals surface area contributed by atoms with Crippen molar-refractivity contribution in [2.75, 3.05) is 13.2 Å². The average molecular weight is 307 g/mol. The van der Waals surface area contributed by atoms with E-state index in [2.05, 4.69) is 5.32 Å². The number of benzene rings is 1. The van der Waals surface area contributed by atoms with E-state index < -0.39 is 11.5 Å². The predicted octanol–water partition coefficient (Wildman–Crippen LogP) is 1.77. The molecular weight excluding hydrogens is 296 g/mol. The molecule has 108 valence electrons. The standard InChI is InChI=1S/C14H11ClN2O4/c1-8-4-14(19)21-11-6-12(10(15)5-9(8)11)20-7-13(18)17-3-2-16/h4-6H,3,7H2,1H3,(H,17,18). The maximum Gasteiger partial charge on any atom is 0.336 e.